The van der Waals surface area contributed by atoms with Crippen LogP contribution >= 0.6 is 0 Å². The summed E-state index contributed by atoms with van der Waals surface area (Å²) in [6.45, 7) is 6.43. The molecule has 0 bridgehead atoms. The van der Waals surface area contributed by atoms with Gasteiger partial charge in [-0.15, -0.1) is 0 Å². The number of amides is 2. The molecular formula is C26H28N6O4. The van der Waals surface area contributed by atoms with Crippen molar-refractivity contribution in [1.82, 2.24) is 9.35 Å². The third-order valence-corrected chi connectivity index (χ3v) is 6.41. The van der Waals surface area contributed by atoms with Crippen LogP contribution in [-0.2, 0) is 9.59 Å². The summed E-state index contributed by atoms with van der Waals surface area (Å²) in [5.74, 6) is -2.25. The summed E-state index contributed by atoms with van der Waals surface area (Å²) in [7, 11) is 0. The normalized spacial score (nSPS) is 12.9. The highest BCUT2D eigenvalue weighted by molar-refractivity contribution is 6.03. The van der Waals surface area contributed by atoms with E-state index in [1.165, 1.54) is 23.2 Å². The third kappa shape index (κ3) is 3.96. The zero-order valence-corrected chi connectivity index (χ0v) is 20.5. The molecule has 10 nitrogen and oxygen atoms in total. The third-order valence-electron chi connectivity index (χ3n) is 6.41. The Kier molecular flexibility index (Phi) is 6.28. The van der Waals surface area contributed by atoms with Crippen LogP contribution in [0.3, 0.4) is 0 Å². The number of aryl methyl sites for hydroxylation is 2. The van der Waals surface area contributed by atoms with Crippen LogP contribution in [0, 0.1) is 13.8 Å². The number of hydrogen-bond acceptors (Lipinski definition) is 6. The van der Waals surface area contributed by atoms with Gasteiger partial charge in [0.05, 0.1) is 11.0 Å². The highest BCUT2D eigenvalue weighted by atomic mass is 16.2. The highest BCUT2D eigenvalue weighted by Gasteiger charge is 2.34. The molecule has 36 heavy (non-hydrogen) atoms. The molecule has 0 aliphatic rings. The molecule has 6 N–H and O–H groups in total. The second kappa shape index (κ2) is 9.21. The first-order chi connectivity index (χ1) is 17.0. The number of nitrogens with two attached hydrogens (primary N) is 2. The van der Waals surface area contributed by atoms with Crippen molar-refractivity contribution in [2.45, 2.75) is 39.8 Å². The molecule has 2 aromatic heterocycles. The number of fused-ring (bicyclic) bond motifs is 2. The van der Waals surface area contributed by atoms with Crippen molar-refractivity contribution >= 4 is 45.2 Å². The molecule has 0 spiro atoms. The van der Waals surface area contributed by atoms with Crippen LogP contribution in [-0.4, -0.2) is 44.8 Å². The van der Waals surface area contributed by atoms with Crippen LogP contribution in [0.5, 0.6) is 0 Å². The number of carbonyl (C=O) groups is 4. The van der Waals surface area contributed by atoms with Crippen molar-refractivity contribution in [2.75, 3.05) is 10.9 Å². The molecule has 0 aliphatic carbocycles. The summed E-state index contributed by atoms with van der Waals surface area (Å²) >= 11 is 0. The fourth-order valence-electron chi connectivity index (χ4n) is 4.80. The lowest BCUT2D eigenvalue weighted by Crippen LogP contribution is -2.58. The van der Waals surface area contributed by atoms with Gasteiger partial charge in [0.1, 0.15) is 11.4 Å². The number of nitrogens with zero attached hydrogens (tertiary/aromatic N) is 2. The van der Waals surface area contributed by atoms with Gasteiger partial charge in [-0.3, -0.25) is 28.5 Å². The second-order valence-corrected chi connectivity index (χ2v) is 8.78. The Morgan fingerprint density at radius 2 is 1.00 bits per heavy atom. The average molecular weight is 489 g/mol. The van der Waals surface area contributed by atoms with Gasteiger partial charge in [0.15, 0.2) is 23.7 Å². The number of hydrogen-bond donors (Lipinski definition) is 4. The maximum absolute atomic E-state index is 12.7. The van der Waals surface area contributed by atoms with Crippen molar-refractivity contribution in [3.8, 4) is 0 Å². The van der Waals surface area contributed by atoms with Gasteiger partial charge in [-0.05, 0) is 37.1 Å². The van der Waals surface area contributed by atoms with Gasteiger partial charge in [0, 0.05) is 24.6 Å². The van der Waals surface area contributed by atoms with Crippen molar-refractivity contribution in [2.24, 2.45) is 11.5 Å². The predicted molar refractivity (Wildman–Crippen MR) is 138 cm³/mol. The highest BCUT2D eigenvalue weighted by Crippen LogP contribution is 2.27. The molecule has 0 saturated carbocycles. The summed E-state index contributed by atoms with van der Waals surface area (Å²) < 4.78 is 2.93. The van der Waals surface area contributed by atoms with E-state index in [-0.39, 0.29) is 11.6 Å². The summed E-state index contributed by atoms with van der Waals surface area (Å²) in [5, 5.41) is 1.60. The van der Waals surface area contributed by atoms with Crippen LogP contribution in [0.2, 0.25) is 0 Å². The standard InChI is InChI=1S/C26H28N6O4/c1-13-17-9-5-7-11-19(17)31(23(13)15(3)33)29-21(25(27)35)22(26(28)36)30-32-20-12-8-6-10-18(20)14(2)24(32)16(4)34/h5-12,21-22,29-30H,1-4H3,(H2,27,35)(H2,28,36). The van der Waals surface area contributed by atoms with E-state index in [0.717, 1.165) is 10.8 Å². The van der Waals surface area contributed by atoms with Crippen molar-refractivity contribution < 1.29 is 19.2 Å². The molecule has 2 atom stereocenters. The molecule has 2 heterocycles. The number of benzene rings is 2. The number of para-hydroxylation sites is 2. The Morgan fingerprint density at radius 3 is 1.31 bits per heavy atom. The lowest BCUT2D eigenvalue weighted by molar-refractivity contribution is -0.125. The minimum atomic E-state index is -1.38. The maximum atomic E-state index is 12.7. The fraction of sp³-hybridized carbons (Fsp3) is 0.231. The van der Waals surface area contributed by atoms with Gasteiger partial charge in [-0.1, -0.05) is 36.4 Å². The fourth-order valence-corrected chi connectivity index (χ4v) is 4.80. The molecule has 0 radical (unpaired) electrons. The zero-order chi connectivity index (χ0) is 26.3. The maximum Gasteiger partial charge on any atom is 0.244 e. The smallest absolute Gasteiger partial charge is 0.244 e. The van der Waals surface area contributed by atoms with E-state index in [2.05, 4.69) is 10.9 Å². The van der Waals surface area contributed by atoms with Crippen LogP contribution in [0.25, 0.3) is 21.8 Å². The number of Topliss-reactive ketones (excluding diaryl/α,β-unsaturated/α-hetero) is 2. The minimum Gasteiger partial charge on any atom is -0.368 e. The van der Waals surface area contributed by atoms with Crippen molar-refractivity contribution in [3.63, 3.8) is 0 Å². The van der Waals surface area contributed by atoms with Crippen LogP contribution in [0.1, 0.15) is 46.0 Å². The Balaban J connectivity index is 1.86. The van der Waals surface area contributed by atoms with E-state index in [4.69, 9.17) is 11.5 Å². The zero-order valence-electron chi connectivity index (χ0n) is 20.5. The quantitative estimate of drug-likeness (QED) is 0.265. The average Bonchev–Trinajstić information content (AvgIpc) is 3.27. The molecule has 2 unspecified atom stereocenters. The Hall–Kier alpha value is -4.60. The van der Waals surface area contributed by atoms with E-state index >= 15 is 0 Å². The molecule has 4 rings (SSSR count). The molecule has 4 aromatic rings. The van der Waals surface area contributed by atoms with Gasteiger partial charge >= 0.3 is 0 Å². The van der Waals surface area contributed by atoms with Crippen LogP contribution in [0.15, 0.2) is 48.5 Å². The first-order valence-corrected chi connectivity index (χ1v) is 11.4. The summed E-state index contributed by atoms with van der Waals surface area (Å²) in [6.07, 6.45) is 0. The molecule has 186 valence electrons. The van der Waals surface area contributed by atoms with E-state index < -0.39 is 23.9 Å². The predicted octanol–water partition coefficient (Wildman–Crippen LogP) is 2.11. The number of primary amides is 2. The molecule has 0 fully saturated rings. The molecule has 0 saturated heterocycles. The molecule has 2 amide bonds. The van der Waals surface area contributed by atoms with E-state index in [1.54, 1.807) is 38.1 Å². The first kappa shape index (κ1) is 24.5. The van der Waals surface area contributed by atoms with Crippen LogP contribution < -0.4 is 22.3 Å². The molecule has 10 heteroatoms. The van der Waals surface area contributed by atoms with Gasteiger partial charge in [0.25, 0.3) is 0 Å². The van der Waals surface area contributed by atoms with Gasteiger partial charge in [-0.25, -0.2) is 0 Å². The molecule has 0 aliphatic heterocycles. The first-order valence-electron chi connectivity index (χ1n) is 11.4. The summed E-state index contributed by atoms with van der Waals surface area (Å²) in [4.78, 5) is 50.5. The molecular weight excluding hydrogens is 460 g/mol. The Bertz CT molecular complexity index is 1430. The van der Waals surface area contributed by atoms with Gasteiger partial charge < -0.3 is 22.3 Å². The summed E-state index contributed by atoms with van der Waals surface area (Å²) in [6, 6.07) is 11.8. The number of aromatic nitrogens is 2. The van der Waals surface area contributed by atoms with Crippen molar-refractivity contribution in [3.05, 3.63) is 71.0 Å². The number of ketones is 2. The van der Waals surface area contributed by atoms with E-state index in [1.807, 2.05) is 24.3 Å². The topological polar surface area (TPSA) is 154 Å². The second-order valence-electron chi connectivity index (χ2n) is 8.78. The monoisotopic (exact) mass is 488 g/mol. The Morgan fingerprint density at radius 1 is 0.667 bits per heavy atom. The lowest BCUT2D eigenvalue weighted by atomic mass is 10.1. The lowest BCUT2D eigenvalue weighted by Gasteiger charge is -2.28. The number of nitrogens with one attached hydrogen (secondary N) is 2. The minimum absolute atomic E-state index is 0.242. The Labute approximate surface area is 207 Å². The SMILES string of the molecule is CC(=O)c1c(C)c2ccccc2n1NC(C(N)=O)C(Nn1c(C(C)=O)c(C)c2ccccc21)C(N)=O. The number of carbonyl (C=O) groups excluding carboxylic acids is 4. The van der Waals surface area contributed by atoms with Gasteiger partial charge in [0.2, 0.25) is 11.8 Å². The molecule has 2 aromatic carbocycles. The summed E-state index contributed by atoms with van der Waals surface area (Å²) in [5.41, 5.74) is 20.7. The number of rotatable bonds is 9. The van der Waals surface area contributed by atoms with Crippen LogP contribution in [0.4, 0.5) is 0 Å². The van der Waals surface area contributed by atoms with E-state index in [9.17, 15) is 19.2 Å². The largest absolute Gasteiger partial charge is 0.368 e. The van der Waals surface area contributed by atoms with E-state index in [0.29, 0.717) is 33.5 Å². The van der Waals surface area contributed by atoms with Gasteiger partial charge in [-0.2, -0.15) is 0 Å². The van der Waals surface area contributed by atoms with Crippen molar-refractivity contribution in [1.29, 1.82) is 0 Å².